The van der Waals surface area contributed by atoms with Crippen molar-refractivity contribution in [1.29, 1.82) is 0 Å². The lowest BCUT2D eigenvalue weighted by Crippen LogP contribution is -2.44. The molecule has 1 aromatic carbocycles. The zero-order chi connectivity index (χ0) is 20.4. The summed E-state index contributed by atoms with van der Waals surface area (Å²) >= 11 is 1.51. The lowest BCUT2D eigenvalue weighted by Gasteiger charge is -2.35. The van der Waals surface area contributed by atoms with Crippen molar-refractivity contribution in [3.8, 4) is 11.4 Å². The van der Waals surface area contributed by atoms with E-state index in [-0.39, 0.29) is 5.91 Å². The van der Waals surface area contributed by atoms with E-state index >= 15 is 0 Å². The second-order valence-corrected chi connectivity index (χ2v) is 8.85. The van der Waals surface area contributed by atoms with Gasteiger partial charge in [0.25, 0.3) is 0 Å². The number of nitrogens with zero attached hydrogens (tertiary/aromatic N) is 3. The fourth-order valence-electron chi connectivity index (χ4n) is 3.98. The Balaban J connectivity index is 1.42. The van der Waals surface area contributed by atoms with Crippen LogP contribution in [0.5, 0.6) is 0 Å². The number of hydrogen-bond acceptors (Lipinski definition) is 4. The molecule has 6 heteroatoms. The van der Waals surface area contributed by atoms with Gasteiger partial charge in [-0.3, -0.25) is 4.79 Å². The van der Waals surface area contributed by atoms with E-state index in [1.165, 1.54) is 29.3 Å². The van der Waals surface area contributed by atoms with Gasteiger partial charge in [0, 0.05) is 24.3 Å². The van der Waals surface area contributed by atoms with E-state index < -0.39 is 0 Å². The first-order valence-corrected chi connectivity index (χ1v) is 11.4. The summed E-state index contributed by atoms with van der Waals surface area (Å²) in [5, 5.41) is 0.870. The summed E-state index contributed by atoms with van der Waals surface area (Å²) in [7, 11) is 0. The minimum atomic E-state index is 0.232. The third kappa shape index (κ3) is 4.32. The van der Waals surface area contributed by atoms with E-state index in [0.717, 1.165) is 53.3 Å². The van der Waals surface area contributed by atoms with Crippen molar-refractivity contribution in [3.05, 3.63) is 41.6 Å². The third-order valence-corrected chi connectivity index (χ3v) is 6.80. The van der Waals surface area contributed by atoms with Crippen LogP contribution >= 0.6 is 11.8 Å². The molecule has 1 unspecified atom stereocenters. The van der Waals surface area contributed by atoms with Crippen LogP contribution in [0.4, 0.5) is 0 Å². The fourth-order valence-corrected chi connectivity index (χ4v) is 4.71. The average Bonchev–Trinajstić information content (AvgIpc) is 3.15. The van der Waals surface area contributed by atoms with Gasteiger partial charge in [0.2, 0.25) is 5.91 Å². The molecule has 152 valence electrons. The average molecular weight is 409 g/mol. The minimum absolute atomic E-state index is 0.232. The van der Waals surface area contributed by atoms with Crippen LogP contribution in [0.2, 0.25) is 0 Å². The van der Waals surface area contributed by atoms with E-state index in [1.54, 1.807) is 0 Å². The minimum Gasteiger partial charge on any atom is -0.339 e. The topological polar surface area (TPSA) is 61.9 Å². The normalized spacial score (nSPS) is 17.1. The first kappa shape index (κ1) is 20.0. The molecule has 1 fully saturated rings. The first-order chi connectivity index (χ1) is 14.0. The van der Waals surface area contributed by atoms with E-state index in [0.29, 0.717) is 11.8 Å². The summed E-state index contributed by atoms with van der Waals surface area (Å²) in [4.78, 5) is 27.4. The number of H-pyrrole nitrogens is 1. The van der Waals surface area contributed by atoms with E-state index in [1.807, 2.05) is 18.3 Å². The summed E-state index contributed by atoms with van der Waals surface area (Å²) in [6.07, 6.45) is 6.37. The van der Waals surface area contributed by atoms with Gasteiger partial charge in [-0.05, 0) is 74.9 Å². The summed E-state index contributed by atoms with van der Waals surface area (Å²) in [6.45, 7) is 7.28. The molecule has 1 atom stereocenters. The van der Waals surface area contributed by atoms with Crippen molar-refractivity contribution in [2.75, 3.05) is 12.3 Å². The van der Waals surface area contributed by atoms with Crippen LogP contribution in [0.3, 0.4) is 0 Å². The number of aromatic amines is 1. The second-order valence-electron chi connectivity index (χ2n) is 7.86. The second kappa shape index (κ2) is 8.57. The number of aromatic nitrogens is 3. The van der Waals surface area contributed by atoms with Crippen LogP contribution < -0.4 is 0 Å². The molecule has 1 N–H and O–H groups in total. The van der Waals surface area contributed by atoms with Crippen LogP contribution in [0.15, 0.2) is 35.5 Å². The molecule has 2 aromatic heterocycles. The Hall–Kier alpha value is -2.34. The molecule has 5 nitrogen and oxygen atoms in total. The molecule has 0 radical (unpaired) electrons. The number of amides is 1. The highest BCUT2D eigenvalue weighted by Gasteiger charge is 2.25. The number of fused-ring (bicyclic) bond motifs is 1. The predicted molar refractivity (Wildman–Crippen MR) is 119 cm³/mol. The molecule has 1 amide bonds. The van der Waals surface area contributed by atoms with Crippen LogP contribution in [-0.4, -0.2) is 44.1 Å². The van der Waals surface area contributed by atoms with Crippen molar-refractivity contribution in [1.82, 2.24) is 19.9 Å². The number of imidazole rings is 1. The number of pyridine rings is 1. The molecule has 0 spiro atoms. The van der Waals surface area contributed by atoms with Gasteiger partial charge >= 0.3 is 0 Å². The maximum absolute atomic E-state index is 12.6. The summed E-state index contributed by atoms with van der Waals surface area (Å²) in [5.41, 5.74) is 5.46. The van der Waals surface area contributed by atoms with Gasteiger partial charge in [-0.1, -0.05) is 18.7 Å². The van der Waals surface area contributed by atoms with Gasteiger partial charge in [-0.15, -0.1) is 0 Å². The zero-order valence-electron chi connectivity index (χ0n) is 17.4. The Kier molecular flexibility index (Phi) is 5.90. The highest BCUT2D eigenvalue weighted by atomic mass is 32.2. The number of piperidine rings is 1. The largest absolute Gasteiger partial charge is 0.339 e. The van der Waals surface area contributed by atoms with E-state index in [9.17, 15) is 4.79 Å². The Morgan fingerprint density at radius 3 is 2.83 bits per heavy atom. The molecule has 0 bridgehead atoms. The summed E-state index contributed by atoms with van der Waals surface area (Å²) in [6, 6.07) is 8.65. The molecule has 1 aliphatic rings. The van der Waals surface area contributed by atoms with Crippen LogP contribution in [0, 0.1) is 13.8 Å². The number of nitrogens with one attached hydrogen (secondary N) is 1. The molecule has 4 rings (SSSR count). The number of benzene rings is 1. The summed E-state index contributed by atoms with van der Waals surface area (Å²) < 4.78 is 0. The first-order valence-electron chi connectivity index (χ1n) is 10.4. The highest BCUT2D eigenvalue weighted by Crippen LogP contribution is 2.25. The zero-order valence-corrected chi connectivity index (χ0v) is 18.2. The predicted octanol–water partition coefficient (Wildman–Crippen LogP) is 5.12. The highest BCUT2D eigenvalue weighted by molar-refractivity contribution is 7.99. The quantitative estimate of drug-likeness (QED) is 0.595. The van der Waals surface area contributed by atoms with Crippen molar-refractivity contribution < 1.29 is 4.79 Å². The van der Waals surface area contributed by atoms with Crippen LogP contribution in [-0.2, 0) is 4.79 Å². The number of thioether (sulfide) groups is 1. The standard InChI is InChI=1S/C23H28N4OS/c1-4-18-7-5-6-10-27(18)22(28)14-29-21-9-8-17(13-24-21)23-25-19-11-15(2)16(3)12-20(19)26-23/h8-9,11-13,18H,4-7,10,14H2,1-3H3,(H,25,26). The van der Waals surface area contributed by atoms with Gasteiger partial charge in [0.05, 0.1) is 21.8 Å². The number of likely N-dealkylation sites (tertiary alicyclic amines) is 1. The number of hydrogen-bond donors (Lipinski definition) is 1. The molecular weight excluding hydrogens is 380 g/mol. The van der Waals surface area contributed by atoms with Crippen molar-refractivity contribution in [2.24, 2.45) is 0 Å². The monoisotopic (exact) mass is 408 g/mol. The molecular formula is C23H28N4OS. The van der Waals surface area contributed by atoms with E-state index in [2.05, 4.69) is 47.8 Å². The molecule has 0 saturated carbocycles. The van der Waals surface area contributed by atoms with E-state index in [4.69, 9.17) is 4.98 Å². The number of rotatable bonds is 5. The SMILES string of the molecule is CCC1CCCCN1C(=O)CSc1ccc(-c2nc3cc(C)c(C)cc3[nH]2)cn1. The third-order valence-electron chi connectivity index (χ3n) is 5.87. The smallest absolute Gasteiger partial charge is 0.233 e. The molecule has 1 saturated heterocycles. The summed E-state index contributed by atoms with van der Waals surface area (Å²) in [5.74, 6) is 1.51. The maximum atomic E-state index is 12.6. The van der Waals surface area contributed by atoms with Gasteiger partial charge in [0.15, 0.2) is 0 Å². The van der Waals surface area contributed by atoms with Gasteiger partial charge in [-0.2, -0.15) is 0 Å². The Bertz CT molecular complexity index is 973. The molecule has 1 aliphatic heterocycles. The fraction of sp³-hybridized carbons (Fsp3) is 0.435. The number of carbonyl (C=O) groups is 1. The molecule has 0 aliphatic carbocycles. The maximum Gasteiger partial charge on any atom is 0.233 e. The van der Waals surface area contributed by atoms with Gasteiger partial charge in [0.1, 0.15) is 5.82 Å². The number of carbonyl (C=O) groups excluding carboxylic acids is 1. The Morgan fingerprint density at radius 1 is 1.24 bits per heavy atom. The Morgan fingerprint density at radius 2 is 2.07 bits per heavy atom. The van der Waals surface area contributed by atoms with Crippen LogP contribution in [0.25, 0.3) is 22.4 Å². The lowest BCUT2D eigenvalue weighted by atomic mass is 10.0. The van der Waals surface area contributed by atoms with Gasteiger partial charge < -0.3 is 9.88 Å². The molecule has 3 aromatic rings. The van der Waals surface area contributed by atoms with Crippen molar-refractivity contribution >= 4 is 28.7 Å². The number of aryl methyl sites for hydroxylation is 2. The van der Waals surface area contributed by atoms with Crippen LogP contribution in [0.1, 0.15) is 43.7 Å². The van der Waals surface area contributed by atoms with Crippen molar-refractivity contribution in [2.45, 2.75) is 57.5 Å². The molecule has 3 heterocycles. The van der Waals surface area contributed by atoms with Crippen molar-refractivity contribution in [3.63, 3.8) is 0 Å². The Labute approximate surface area is 176 Å². The van der Waals surface area contributed by atoms with Gasteiger partial charge in [-0.25, -0.2) is 9.97 Å². The lowest BCUT2D eigenvalue weighted by molar-refractivity contribution is -0.132. The molecule has 29 heavy (non-hydrogen) atoms.